The zero-order valence-corrected chi connectivity index (χ0v) is 11.6. The molecule has 1 unspecified atom stereocenters. The van der Waals surface area contributed by atoms with Crippen LogP contribution in [0.3, 0.4) is 0 Å². The Balaban J connectivity index is 2.41. The first-order valence-electron chi connectivity index (χ1n) is 5.93. The predicted molar refractivity (Wildman–Crippen MR) is 70.8 cm³/mol. The molecule has 0 aliphatic heterocycles. The molecule has 0 fully saturated rings. The number of carbonyl (C=O) groups excluding carboxylic acids is 1. The maximum absolute atomic E-state index is 11.9. The Labute approximate surface area is 107 Å². The number of thiazole rings is 1. The molecule has 1 amide bonds. The van der Waals surface area contributed by atoms with Crippen molar-refractivity contribution in [2.45, 2.75) is 45.7 Å². The Morgan fingerprint density at radius 1 is 1.65 bits per heavy atom. The van der Waals surface area contributed by atoms with Gasteiger partial charge in [0.25, 0.3) is 0 Å². The zero-order chi connectivity index (χ0) is 12.8. The van der Waals surface area contributed by atoms with Crippen molar-refractivity contribution in [3.05, 3.63) is 16.1 Å². The van der Waals surface area contributed by atoms with Gasteiger partial charge in [0, 0.05) is 30.6 Å². The van der Waals surface area contributed by atoms with Crippen LogP contribution in [0.5, 0.6) is 0 Å². The number of aryl methyl sites for hydroxylation is 1. The molecule has 0 aliphatic carbocycles. The van der Waals surface area contributed by atoms with Gasteiger partial charge in [-0.2, -0.15) is 0 Å². The molecule has 1 heterocycles. The van der Waals surface area contributed by atoms with E-state index in [0.717, 1.165) is 22.7 Å². The molecule has 0 bridgehead atoms. The minimum absolute atomic E-state index is 0.0156. The van der Waals surface area contributed by atoms with Crippen molar-refractivity contribution in [2.24, 2.45) is 5.73 Å². The summed E-state index contributed by atoms with van der Waals surface area (Å²) in [4.78, 5) is 18.9. The van der Waals surface area contributed by atoms with E-state index in [9.17, 15) is 4.79 Å². The van der Waals surface area contributed by atoms with Crippen molar-refractivity contribution in [1.82, 2.24) is 9.88 Å². The lowest BCUT2D eigenvalue weighted by atomic mass is 10.1. The van der Waals surface area contributed by atoms with Gasteiger partial charge in [0.1, 0.15) is 0 Å². The summed E-state index contributed by atoms with van der Waals surface area (Å²) < 4.78 is 0. The highest BCUT2D eigenvalue weighted by Crippen LogP contribution is 2.14. The summed E-state index contributed by atoms with van der Waals surface area (Å²) in [6.45, 7) is 4.67. The number of nitrogens with zero attached hydrogens (tertiary/aromatic N) is 2. The average molecular weight is 255 g/mol. The van der Waals surface area contributed by atoms with E-state index >= 15 is 0 Å². The number of hydrogen-bond donors (Lipinski definition) is 1. The normalized spacial score (nSPS) is 12.5. The molecule has 1 aromatic rings. The van der Waals surface area contributed by atoms with Gasteiger partial charge >= 0.3 is 0 Å². The Morgan fingerprint density at radius 3 is 2.88 bits per heavy atom. The van der Waals surface area contributed by atoms with Gasteiger partial charge in [0.15, 0.2) is 0 Å². The van der Waals surface area contributed by atoms with Crippen LogP contribution >= 0.6 is 11.3 Å². The topological polar surface area (TPSA) is 59.2 Å². The Hall–Kier alpha value is -0.940. The summed E-state index contributed by atoms with van der Waals surface area (Å²) in [6.07, 6.45) is 4.18. The van der Waals surface area contributed by atoms with E-state index < -0.39 is 0 Å². The largest absolute Gasteiger partial charge is 0.341 e. The van der Waals surface area contributed by atoms with Gasteiger partial charge < -0.3 is 10.6 Å². The molecule has 0 saturated heterocycles. The molecule has 0 aromatic carbocycles. The fourth-order valence-electron chi connectivity index (χ4n) is 1.65. The lowest BCUT2D eigenvalue weighted by molar-refractivity contribution is -0.130. The third-order valence-electron chi connectivity index (χ3n) is 2.58. The fourth-order valence-corrected chi connectivity index (χ4v) is 2.50. The van der Waals surface area contributed by atoms with Gasteiger partial charge in [-0.3, -0.25) is 4.79 Å². The molecule has 0 radical (unpaired) electrons. The molecule has 1 aromatic heterocycles. The first-order valence-corrected chi connectivity index (χ1v) is 6.75. The van der Waals surface area contributed by atoms with Crippen LogP contribution in [0.1, 0.15) is 36.1 Å². The van der Waals surface area contributed by atoms with Crippen LogP contribution in [-0.4, -0.2) is 28.9 Å². The van der Waals surface area contributed by atoms with Gasteiger partial charge in [-0.05, 0) is 13.3 Å². The summed E-state index contributed by atoms with van der Waals surface area (Å²) in [5.74, 6) is 0.108. The van der Waals surface area contributed by atoms with E-state index in [-0.39, 0.29) is 11.9 Å². The van der Waals surface area contributed by atoms with Crippen LogP contribution in [0.2, 0.25) is 0 Å². The molecule has 17 heavy (non-hydrogen) atoms. The summed E-state index contributed by atoms with van der Waals surface area (Å²) in [7, 11) is 1.82. The molecule has 1 atom stereocenters. The van der Waals surface area contributed by atoms with Crippen molar-refractivity contribution in [2.75, 3.05) is 7.05 Å². The van der Waals surface area contributed by atoms with Gasteiger partial charge in [-0.1, -0.05) is 13.3 Å². The first-order chi connectivity index (χ1) is 8.02. The van der Waals surface area contributed by atoms with Crippen molar-refractivity contribution in [3.8, 4) is 0 Å². The predicted octanol–water partition coefficient (Wildman–Crippen LogP) is 1.93. The number of aromatic nitrogens is 1. The second kappa shape index (κ2) is 6.71. The average Bonchev–Trinajstić information content (AvgIpc) is 2.64. The third kappa shape index (κ3) is 4.83. The van der Waals surface area contributed by atoms with Gasteiger partial charge in [-0.15, -0.1) is 11.3 Å². The van der Waals surface area contributed by atoms with E-state index in [1.807, 2.05) is 20.2 Å². The van der Waals surface area contributed by atoms with Crippen LogP contribution in [-0.2, 0) is 11.3 Å². The first kappa shape index (κ1) is 14.1. The minimum atomic E-state index is -0.0156. The molecular formula is C12H21N3OS. The molecule has 0 spiro atoms. The van der Waals surface area contributed by atoms with Crippen molar-refractivity contribution in [3.63, 3.8) is 0 Å². The summed E-state index contributed by atoms with van der Waals surface area (Å²) in [6, 6.07) is -0.0156. The van der Waals surface area contributed by atoms with E-state index in [4.69, 9.17) is 5.73 Å². The summed E-state index contributed by atoms with van der Waals surface area (Å²) >= 11 is 1.63. The molecule has 5 heteroatoms. The molecule has 4 nitrogen and oxygen atoms in total. The van der Waals surface area contributed by atoms with Gasteiger partial charge in [0.05, 0.1) is 11.6 Å². The van der Waals surface area contributed by atoms with Crippen LogP contribution in [0, 0.1) is 6.92 Å². The highest BCUT2D eigenvalue weighted by molar-refractivity contribution is 7.11. The third-order valence-corrected chi connectivity index (χ3v) is 3.48. The zero-order valence-electron chi connectivity index (χ0n) is 10.8. The van der Waals surface area contributed by atoms with Gasteiger partial charge in [-0.25, -0.2) is 4.98 Å². The van der Waals surface area contributed by atoms with Crippen LogP contribution in [0.15, 0.2) is 6.20 Å². The molecule has 2 N–H and O–H groups in total. The van der Waals surface area contributed by atoms with E-state index in [0.29, 0.717) is 13.0 Å². The van der Waals surface area contributed by atoms with Crippen LogP contribution in [0.25, 0.3) is 0 Å². The molecular weight excluding hydrogens is 234 g/mol. The smallest absolute Gasteiger partial charge is 0.224 e. The monoisotopic (exact) mass is 255 g/mol. The second-order valence-electron chi connectivity index (χ2n) is 4.35. The number of amides is 1. The van der Waals surface area contributed by atoms with E-state index in [1.54, 1.807) is 16.2 Å². The van der Waals surface area contributed by atoms with Crippen molar-refractivity contribution >= 4 is 17.2 Å². The van der Waals surface area contributed by atoms with E-state index in [2.05, 4.69) is 11.9 Å². The Kier molecular flexibility index (Phi) is 5.58. The van der Waals surface area contributed by atoms with Crippen LogP contribution in [0.4, 0.5) is 0 Å². The fraction of sp³-hybridized carbons (Fsp3) is 0.667. The SMILES string of the molecule is CCCC(N)CC(=O)N(C)Cc1cnc(C)s1. The number of nitrogens with two attached hydrogens (primary N) is 1. The molecule has 0 saturated carbocycles. The quantitative estimate of drug-likeness (QED) is 0.845. The van der Waals surface area contributed by atoms with Crippen LogP contribution < -0.4 is 5.73 Å². The molecule has 0 aliphatic rings. The standard InChI is InChI=1S/C12H21N3OS/c1-4-5-10(13)6-12(16)15(3)8-11-7-14-9(2)17-11/h7,10H,4-6,8,13H2,1-3H3. The lowest BCUT2D eigenvalue weighted by Gasteiger charge is -2.18. The number of hydrogen-bond acceptors (Lipinski definition) is 4. The lowest BCUT2D eigenvalue weighted by Crippen LogP contribution is -2.32. The second-order valence-corrected chi connectivity index (χ2v) is 5.67. The summed E-state index contributed by atoms with van der Waals surface area (Å²) in [5.41, 5.74) is 5.86. The number of rotatable bonds is 6. The van der Waals surface area contributed by atoms with Crippen molar-refractivity contribution in [1.29, 1.82) is 0 Å². The maximum atomic E-state index is 11.9. The summed E-state index contributed by atoms with van der Waals surface area (Å²) in [5, 5.41) is 1.03. The highest BCUT2D eigenvalue weighted by atomic mass is 32.1. The van der Waals surface area contributed by atoms with E-state index in [1.165, 1.54) is 0 Å². The highest BCUT2D eigenvalue weighted by Gasteiger charge is 2.14. The molecule has 1 rings (SSSR count). The van der Waals surface area contributed by atoms with Crippen molar-refractivity contribution < 1.29 is 4.79 Å². The maximum Gasteiger partial charge on any atom is 0.224 e. The Bertz CT molecular complexity index is 364. The Morgan fingerprint density at radius 2 is 2.35 bits per heavy atom. The van der Waals surface area contributed by atoms with Gasteiger partial charge in [0.2, 0.25) is 5.91 Å². The minimum Gasteiger partial charge on any atom is -0.341 e. The molecule has 96 valence electrons. The number of carbonyl (C=O) groups is 1.